The number of alkyl halides is 1. The van der Waals surface area contributed by atoms with Gasteiger partial charge in [0.1, 0.15) is 0 Å². The van der Waals surface area contributed by atoms with Crippen LogP contribution in [0.25, 0.3) is 0 Å². The van der Waals surface area contributed by atoms with Crippen molar-refractivity contribution in [3.63, 3.8) is 0 Å². The number of carbonyl (C=O) groups excluding carboxylic acids is 1. The van der Waals surface area contributed by atoms with E-state index in [2.05, 4.69) is 5.32 Å². The average molecular weight is 222 g/mol. The lowest BCUT2D eigenvalue weighted by Crippen LogP contribution is -2.24. The summed E-state index contributed by atoms with van der Waals surface area (Å²) >= 11 is 5.47. The molecule has 0 aliphatic rings. The van der Waals surface area contributed by atoms with Crippen molar-refractivity contribution in [2.75, 3.05) is 25.6 Å². The van der Waals surface area contributed by atoms with Crippen molar-refractivity contribution in [3.05, 3.63) is 0 Å². The number of rotatable bonds is 9. The highest BCUT2D eigenvalue weighted by Crippen LogP contribution is 1.92. The number of hydrogen-bond donors (Lipinski definition) is 1. The second kappa shape index (κ2) is 10.8. The Morgan fingerprint density at radius 1 is 1.36 bits per heavy atom. The Hall–Kier alpha value is -0.280. The highest BCUT2D eigenvalue weighted by Gasteiger charge is 1.98. The standard InChI is InChI=1S/C10H20ClNO2/c1-2-14-9-4-3-8-12-10(13)6-5-7-11/h2-9H2,1H3,(H,12,13). The van der Waals surface area contributed by atoms with Crippen molar-refractivity contribution in [3.8, 4) is 0 Å². The molecule has 3 nitrogen and oxygen atoms in total. The molecule has 14 heavy (non-hydrogen) atoms. The smallest absolute Gasteiger partial charge is 0.220 e. The lowest BCUT2D eigenvalue weighted by Gasteiger charge is -2.04. The van der Waals surface area contributed by atoms with E-state index in [1.165, 1.54) is 0 Å². The lowest BCUT2D eigenvalue weighted by molar-refractivity contribution is -0.121. The first-order valence-corrected chi connectivity index (χ1v) is 5.75. The van der Waals surface area contributed by atoms with Gasteiger partial charge in [0.05, 0.1) is 0 Å². The van der Waals surface area contributed by atoms with Gasteiger partial charge in [0, 0.05) is 32.1 Å². The summed E-state index contributed by atoms with van der Waals surface area (Å²) in [6.45, 7) is 4.28. The van der Waals surface area contributed by atoms with E-state index in [0.29, 0.717) is 12.3 Å². The molecule has 0 bridgehead atoms. The van der Waals surface area contributed by atoms with Gasteiger partial charge < -0.3 is 10.1 Å². The zero-order chi connectivity index (χ0) is 10.6. The van der Waals surface area contributed by atoms with Crippen LogP contribution in [0, 0.1) is 0 Å². The number of amides is 1. The van der Waals surface area contributed by atoms with Gasteiger partial charge in [0.25, 0.3) is 0 Å². The molecule has 0 fully saturated rings. The van der Waals surface area contributed by atoms with Gasteiger partial charge in [-0.25, -0.2) is 0 Å². The molecule has 0 unspecified atom stereocenters. The molecule has 4 heteroatoms. The summed E-state index contributed by atoms with van der Waals surface area (Å²) in [5.41, 5.74) is 0. The normalized spacial score (nSPS) is 10.1. The predicted molar refractivity (Wildman–Crippen MR) is 58.7 cm³/mol. The molecule has 1 amide bonds. The molecule has 0 spiro atoms. The summed E-state index contributed by atoms with van der Waals surface area (Å²) in [6, 6.07) is 0. The molecule has 0 atom stereocenters. The number of unbranched alkanes of at least 4 members (excludes halogenated alkanes) is 1. The van der Waals surface area contributed by atoms with E-state index in [-0.39, 0.29) is 5.91 Å². The van der Waals surface area contributed by atoms with Gasteiger partial charge in [-0.1, -0.05) is 0 Å². The Bertz CT molecular complexity index is 142. The molecule has 0 rings (SSSR count). The number of carbonyl (C=O) groups is 1. The van der Waals surface area contributed by atoms with Gasteiger partial charge in [-0.3, -0.25) is 4.79 Å². The molecule has 0 aromatic rings. The summed E-state index contributed by atoms with van der Waals surface area (Å²) < 4.78 is 5.18. The number of halogens is 1. The number of ether oxygens (including phenoxy) is 1. The van der Waals surface area contributed by atoms with Gasteiger partial charge in [0.15, 0.2) is 0 Å². The van der Waals surface area contributed by atoms with E-state index in [0.717, 1.165) is 39.0 Å². The van der Waals surface area contributed by atoms with Crippen LogP contribution in [0.1, 0.15) is 32.6 Å². The number of hydrogen-bond acceptors (Lipinski definition) is 2. The van der Waals surface area contributed by atoms with Crippen LogP contribution in [0.2, 0.25) is 0 Å². The second-order valence-corrected chi connectivity index (χ2v) is 3.42. The maximum Gasteiger partial charge on any atom is 0.220 e. The molecular formula is C10H20ClNO2. The van der Waals surface area contributed by atoms with E-state index >= 15 is 0 Å². The van der Waals surface area contributed by atoms with Crippen LogP contribution in [-0.2, 0) is 9.53 Å². The third-order valence-electron chi connectivity index (χ3n) is 1.78. The lowest BCUT2D eigenvalue weighted by atomic mass is 10.3. The van der Waals surface area contributed by atoms with Crippen LogP contribution in [0.4, 0.5) is 0 Å². The first kappa shape index (κ1) is 13.7. The predicted octanol–water partition coefficient (Wildman–Crippen LogP) is 1.94. The van der Waals surface area contributed by atoms with Gasteiger partial charge >= 0.3 is 0 Å². The summed E-state index contributed by atoms with van der Waals surface area (Å²) in [6.07, 6.45) is 3.28. The van der Waals surface area contributed by atoms with Crippen molar-refractivity contribution in [1.82, 2.24) is 5.32 Å². The van der Waals surface area contributed by atoms with E-state index < -0.39 is 0 Å². The fourth-order valence-corrected chi connectivity index (χ4v) is 1.15. The Balaban J connectivity index is 3.07. The highest BCUT2D eigenvalue weighted by atomic mass is 35.5. The maximum atomic E-state index is 11.1. The minimum atomic E-state index is 0.0991. The molecule has 84 valence electrons. The molecular weight excluding hydrogens is 202 g/mol. The van der Waals surface area contributed by atoms with Gasteiger partial charge in [-0.15, -0.1) is 11.6 Å². The van der Waals surface area contributed by atoms with E-state index in [4.69, 9.17) is 16.3 Å². The number of nitrogens with one attached hydrogen (secondary N) is 1. The van der Waals surface area contributed by atoms with Crippen molar-refractivity contribution < 1.29 is 9.53 Å². The maximum absolute atomic E-state index is 11.1. The molecule has 0 aliphatic heterocycles. The molecule has 0 aromatic heterocycles. The molecule has 1 N–H and O–H groups in total. The van der Waals surface area contributed by atoms with Crippen molar-refractivity contribution >= 4 is 17.5 Å². The van der Waals surface area contributed by atoms with Gasteiger partial charge in [-0.05, 0) is 26.2 Å². The first-order valence-electron chi connectivity index (χ1n) is 5.21. The summed E-state index contributed by atoms with van der Waals surface area (Å²) in [4.78, 5) is 11.1. The minimum Gasteiger partial charge on any atom is -0.382 e. The Morgan fingerprint density at radius 2 is 2.14 bits per heavy atom. The van der Waals surface area contributed by atoms with E-state index in [1.807, 2.05) is 6.92 Å². The average Bonchev–Trinajstić information content (AvgIpc) is 2.20. The third kappa shape index (κ3) is 9.81. The summed E-state index contributed by atoms with van der Waals surface area (Å²) in [7, 11) is 0. The Morgan fingerprint density at radius 3 is 2.79 bits per heavy atom. The minimum absolute atomic E-state index is 0.0991. The van der Waals surface area contributed by atoms with Crippen LogP contribution < -0.4 is 5.32 Å². The van der Waals surface area contributed by atoms with Crippen molar-refractivity contribution in [2.45, 2.75) is 32.6 Å². The van der Waals surface area contributed by atoms with Crippen LogP contribution in [0.5, 0.6) is 0 Å². The van der Waals surface area contributed by atoms with Crippen LogP contribution in [0.3, 0.4) is 0 Å². The van der Waals surface area contributed by atoms with Crippen LogP contribution in [-0.4, -0.2) is 31.5 Å². The van der Waals surface area contributed by atoms with Crippen LogP contribution >= 0.6 is 11.6 Å². The Labute approximate surface area is 91.2 Å². The van der Waals surface area contributed by atoms with E-state index in [1.54, 1.807) is 0 Å². The topological polar surface area (TPSA) is 38.3 Å². The second-order valence-electron chi connectivity index (χ2n) is 3.05. The zero-order valence-electron chi connectivity index (χ0n) is 8.85. The molecule has 0 radical (unpaired) electrons. The molecule has 0 aromatic carbocycles. The SMILES string of the molecule is CCOCCCCNC(=O)CCCCl. The fraction of sp³-hybridized carbons (Fsp3) is 0.900. The molecule has 0 saturated heterocycles. The summed E-state index contributed by atoms with van der Waals surface area (Å²) in [5.74, 6) is 0.652. The quantitative estimate of drug-likeness (QED) is 0.477. The van der Waals surface area contributed by atoms with E-state index in [9.17, 15) is 4.79 Å². The molecule has 0 heterocycles. The first-order chi connectivity index (χ1) is 6.81. The molecule has 0 aliphatic carbocycles. The third-order valence-corrected chi connectivity index (χ3v) is 2.05. The Kier molecular flexibility index (Phi) is 10.6. The fourth-order valence-electron chi connectivity index (χ4n) is 1.02. The molecule has 0 saturated carbocycles. The highest BCUT2D eigenvalue weighted by molar-refractivity contribution is 6.17. The summed E-state index contributed by atoms with van der Waals surface area (Å²) in [5, 5.41) is 2.84. The van der Waals surface area contributed by atoms with Gasteiger partial charge in [-0.2, -0.15) is 0 Å². The largest absolute Gasteiger partial charge is 0.382 e. The van der Waals surface area contributed by atoms with Gasteiger partial charge in [0.2, 0.25) is 5.91 Å². The van der Waals surface area contributed by atoms with Crippen molar-refractivity contribution in [2.24, 2.45) is 0 Å². The monoisotopic (exact) mass is 221 g/mol. The van der Waals surface area contributed by atoms with Crippen LogP contribution in [0.15, 0.2) is 0 Å². The zero-order valence-corrected chi connectivity index (χ0v) is 9.61. The van der Waals surface area contributed by atoms with Crippen molar-refractivity contribution in [1.29, 1.82) is 0 Å².